The zero-order valence-corrected chi connectivity index (χ0v) is 8.10. The Labute approximate surface area is 81.4 Å². The second-order valence-corrected chi connectivity index (χ2v) is 3.00. The molecule has 0 aromatic rings. The Bertz CT molecular complexity index is 242. The number of carboxylic acid groups (broad SMARTS) is 1. The Morgan fingerprint density at radius 2 is 2.00 bits per heavy atom. The van der Waals surface area contributed by atoms with E-state index in [9.17, 15) is 9.59 Å². The van der Waals surface area contributed by atoms with Crippen LogP contribution in [0.2, 0.25) is 0 Å². The maximum atomic E-state index is 11.3. The third-order valence-electron chi connectivity index (χ3n) is 2.28. The molecule has 1 rings (SSSR count). The van der Waals surface area contributed by atoms with Gasteiger partial charge in [0.05, 0.1) is 7.11 Å². The maximum Gasteiger partial charge on any atom is 0.412 e. The van der Waals surface area contributed by atoms with Gasteiger partial charge in [0.1, 0.15) is 12.3 Å². The molecular formula is C8H13NO5. The van der Waals surface area contributed by atoms with Crippen molar-refractivity contribution < 1.29 is 24.2 Å². The van der Waals surface area contributed by atoms with E-state index in [0.29, 0.717) is 12.8 Å². The van der Waals surface area contributed by atoms with Crippen LogP contribution in [-0.4, -0.2) is 48.6 Å². The van der Waals surface area contributed by atoms with Crippen molar-refractivity contribution in [1.29, 1.82) is 0 Å². The second kappa shape index (κ2) is 4.28. The molecule has 6 nitrogen and oxygen atoms in total. The molecular weight excluding hydrogens is 190 g/mol. The van der Waals surface area contributed by atoms with E-state index in [1.165, 1.54) is 14.2 Å². The minimum absolute atomic E-state index is 0.392. The third kappa shape index (κ3) is 1.79. The fourth-order valence-corrected chi connectivity index (χ4v) is 1.60. The molecule has 14 heavy (non-hydrogen) atoms. The average Bonchev–Trinajstić information content (AvgIpc) is 2.59. The summed E-state index contributed by atoms with van der Waals surface area (Å²) in [5.41, 5.74) is 0. The van der Waals surface area contributed by atoms with Crippen molar-refractivity contribution in [2.45, 2.75) is 25.1 Å². The topological polar surface area (TPSA) is 76.1 Å². The van der Waals surface area contributed by atoms with E-state index in [1.54, 1.807) is 0 Å². The van der Waals surface area contributed by atoms with Crippen molar-refractivity contribution >= 4 is 12.1 Å². The monoisotopic (exact) mass is 203 g/mol. The summed E-state index contributed by atoms with van der Waals surface area (Å²) >= 11 is 0. The molecule has 0 aromatic heterocycles. The third-order valence-corrected chi connectivity index (χ3v) is 2.28. The normalized spacial score (nSPS) is 26.3. The highest BCUT2D eigenvalue weighted by Crippen LogP contribution is 2.25. The lowest BCUT2D eigenvalue weighted by molar-refractivity contribution is -0.144. The predicted octanol–water partition coefficient (Wildman–Crippen LogP) is 0.274. The van der Waals surface area contributed by atoms with E-state index in [1.807, 2.05) is 0 Å². The van der Waals surface area contributed by atoms with Gasteiger partial charge < -0.3 is 14.6 Å². The van der Waals surface area contributed by atoms with E-state index < -0.39 is 24.3 Å². The number of nitrogens with zero attached hydrogens (tertiary/aromatic N) is 1. The van der Waals surface area contributed by atoms with Crippen LogP contribution in [0, 0.1) is 0 Å². The lowest BCUT2D eigenvalue weighted by Gasteiger charge is -2.25. The number of methoxy groups -OCH3 is 2. The van der Waals surface area contributed by atoms with E-state index >= 15 is 0 Å². The van der Waals surface area contributed by atoms with Gasteiger partial charge in [0.15, 0.2) is 0 Å². The molecule has 6 heteroatoms. The first-order valence-corrected chi connectivity index (χ1v) is 4.23. The van der Waals surface area contributed by atoms with Crippen LogP contribution in [0.5, 0.6) is 0 Å². The summed E-state index contributed by atoms with van der Waals surface area (Å²) in [6, 6.07) is -0.840. The van der Waals surface area contributed by atoms with Gasteiger partial charge in [-0.05, 0) is 12.8 Å². The van der Waals surface area contributed by atoms with Gasteiger partial charge in [-0.2, -0.15) is 0 Å². The summed E-state index contributed by atoms with van der Waals surface area (Å²) in [4.78, 5) is 23.2. The zero-order chi connectivity index (χ0) is 10.7. The van der Waals surface area contributed by atoms with Crippen LogP contribution >= 0.6 is 0 Å². The first-order valence-electron chi connectivity index (χ1n) is 4.23. The van der Waals surface area contributed by atoms with Crippen LogP contribution in [0.15, 0.2) is 0 Å². The quantitative estimate of drug-likeness (QED) is 0.697. The Balaban J connectivity index is 2.80. The van der Waals surface area contributed by atoms with E-state index in [4.69, 9.17) is 9.84 Å². The van der Waals surface area contributed by atoms with Crippen LogP contribution in [0.1, 0.15) is 12.8 Å². The highest BCUT2D eigenvalue weighted by Gasteiger charge is 2.41. The molecule has 1 fully saturated rings. The number of carboxylic acids is 1. The van der Waals surface area contributed by atoms with E-state index in [2.05, 4.69) is 4.74 Å². The molecule has 0 saturated carbocycles. The van der Waals surface area contributed by atoms with Gasteiger partial charge >= 0.3 is 12.1 Å². The van der Waals surface area contributed by atoms with Crippen LogP contribution in [0.4, 0.5) is 4.79 Å². The highest BCUT2D eigenvalue weighted by atomic mass is 16.6. The Morgan fingerprint density at radius 3 is 2.43 bits per heavy atom. The number of rotatable bonds is 2. The van der Waals surface area contributed by atoms with Crippen LogP contribution in [0.3, 0.4) is 0 Å². The average molecular weight is 203 g/mol. The van der Waals surface area contributed by atoms with Crippen molar-refractivity contribution in [2.24, 2.45) is 0 Å². The van der Waals surface area contributed by atoms with E-state index in [0.717, 1.165) is 4.90 Å². The van der Waals surface area contributed by atoms with Crippen LogP contribution in [0.25, 0.3) is 0 Å². The SMILES string of the molecule is COC(=O)N1C(OC)CC[C@H]1C(=O)O. The van der Waals surface area contributed by atoms with Crippen molar-refractivity contribution in [2.75, 3.05) is 14.2 Å². The number of amides is 1. The van der Waals surface area contributed by atoms with Crippen molar-refractivity contribution in [1.82, 2.24) is 4.90 Å². The summed E-state index contributed by atoms with van der Waals surface area (Å²) in [5, 5.41) is 8.84. The first kappa shape index (κ1) is 10.8. The number of aliphatic carboxylic acids is 1. The molecule has 0 bridgehead atoms. The molecule has 80 valence electrons. The highest BCUT2D eigenvalue weighted by molar-refractivity contribution is 5.80. The van der Waals surface area contributed by atoms with Crippen molar-refractivity contribution in [3.05, 3.63) is 0 Å². The Hall–Kier alpha value is -1.30. The molecule has 1 saturated heterocycles. The molecule has 1 amide bonds. The molecule has 0 aliphatic carbocycles. The fraction of sp³-hybridized carbons (Fsp3) is 0.750. The molecule has 1 unspecified atom stereocenters. The minimum atomic E-state index is -1.03. The molecule has 1 aliphatic heterocycles. The Kier molecular flexibility index (Phi) is 3.29. The largest absolute Gasteiger partial charge is 0.480 e. The molecule has 1 N–H and O–H groups in total. The summed E-state index contributed by atoms with van der Waals surface area (Å²) in [7, 11) is 2.65. The summed E-state index contributed by atoms with van der Waals surface area (Å²) in [5.74, 6) is -1.03. The van der Waals surface area contributed by atoms with Gasteiger partial charge in [-0.3, -0.25) is 4.90 Å². The molecule has 0 spiro atoms. The number of ether oxygens (including phenoxy) is 2. The summed E-state index contributed by atoms with van der Waals surface area (Å²) < 4.78 is 9.48. The van der Waals surface area contributed by atoms with Gasteiger partial charge in [0.25, 0.3) is 0 Å². The molecule has 0 aromatic carbocycles. The number of carbonyl (C=O) groups is 2. The van der Waals surface area contributed by atoms with Gasteiger partial charge in [0.2, 0.25) is 0 Å². The molecule has 0 radical (unpaired) electrons. The summed E-state index contributed by atoms with van der Waals surface area (Å²) in [6.07, 6.45) is -0.254. The van der Waals surface area contributed by atoms with Crippen molar-refractivity contribution in [3.8, 4) is 0 Å². The number of hydrogen-bond acceptors (Lipinski definition) is 4. The van der Waals surface area contributed by atoms with Crippen LogP contribution < -0.4 is 0 Å². The number of carbonyl (C=O) groups excluding carboxylic acids is 1. The fourth-order valence-electron chi connectivity index (χ4n) is 1.60. The van der Waals surface area contributed by atoms with Gasteiger partial charge in [-0.25, -0.2) is 9.59 Å². The zero-order valence-electron chi connectivity index (χ0n) is 8.10. The lowest BCUT2D eigenvalue weighted by atomic mass is 10.2. The Morgan fingerprint density at radius 1 is 1.36 bits per heavy atom. The number of likely N-dealkylation sites (tertiary alicyclic amines) is 1. The smallest absolute Gasteiger partial charge is 0.412 e. The van der Waals surface area contributed by atoms with Gasteiger partial charge in [-0.15, -0.1) is 0 Å². The maximum absolute atomic E-state index is 11.3. The predicted molar refractivity (Wildman–Crippen MR) is 45.7 cm³/mol. The molecule has 1 aliphatic rings. The molecule has 2 atom stereocenters. The minimum Gasteiger partial charge on any atom is -0.480 e. The van der Waals surface area contributed by atoms with E-state index in [-0.39, 0.29) is 0 Å². The molecule has 1 heterocycles. The number of hydrogen-bond donors (Lipinski definition) is 1. The lowest BCUT2D eigenvalue weighted by Crippen LogP contribution is -2.45. The van der Waals surface area contributed by atoms with Crippen molar-refractivity contribution in [3.63, 3.8) is 0 Å². The first-order chi connectivity index (χ1) is 6.61. The van der Waals surface area contributed by atoms with Gasteiger partial charge in [-0.1, -0.05) is 0 Å². The second-order valence-electron chi connectivity index (χ2n) is 3.00. The van der Waals surface area contributed by atoms with Gasteiger partial charge in [0, 0.05) is 7.11 Å². The van der Waals surface area contributed by atoms with Crippen LogP contribution in [-0.2, 0) is 14.3 Å². The standard InChI is InChI=1S/C8H13NO5/c1-13-6-4-3-5(7(10)11)9(6)8(12)14-2/h5-6H,3-4H2,1-2H3,(H,10,11)/t5-,6?/m0/s1. The summed E-state index contributed by atoms with van der Waals surface area (Å²) in [6.45, 7) is 0.